The molecule has 9 heteroatoms. The lowest BCUT2D eigenvalue weighted by Gasteiger charge is -2.37. The molecule has 0 saturated carbocycles. The number of nitriles is 1. The van der Waals surface area contributed by atoms with E-state index in [0.717, 1.165) is 0 Å². The fourth-order valence-electron chi connectivity index (χ4n) is 2.60. The van der Waals surface area contributed by atoms with Crippen LogP contribution in [0.3, 0.4) is 0 Å². The highest BCUT2D eigenvalue weighted by molar-refractivity contribution is 6.02. The van der Waals surface area contributed by atoms with Crippen LogP contribution in [0.2, 0.25) is 0 Å². The normalized spacial score (nSPS) is 20.7. The number of hydrogen-bond donors (Lipinski definition) is 2. The Labute approximate surface area is 153 Å². The average Bonchev–Trinajstić information content (AvgIpc) is 2.65. The van der Waals surface area contributed by atoms with Crippen molar-refractivity contribution in [3.05, 3.63) is 59.4 Å². The first-order valence-electron chi connectivity index (χ1n) is 7.89. The summed E-state index contributed by atoms with van der Waals surface area (Å²) in [6, 6.07) is 10.4. The minimum atomic E-state index is -3.28. The van der Waals surface area contributed by atoms with Crippen molar-refractivity contribution in [1.29, 1.82) is 5.26 Å². The van der Waals surface area contributed by atoms with Crippen molar-refractivity contribution in [3.8, 4) is 6.07 Å². The second-order valence-corrected chi connectivity index (χ2v) is 6.09. The Kier molecular flexibility index (Phi) is 4.49. The molecule has 2 heterocycles. The van der Waals surface area contributed by atoms with E-state index in [-0.39, 0.29) is 17.3 Å². The molecule has 0 aliphatic carbocycles. The quantitative estimate of drug-likeness (QED) is 0.860. The van der Waals surface area contributed by atoms with Crippen LogP contribution < -0.4 is 11.1 Å². The highest BCUT2D eigenvalue weighted by Gasteiger charge is 2.55. The van der Waals surface area contributed by atoms with E-state index >= 15 is 0 Å². The molecule has 7 nitrogen and oxygen atoms in total. The number of amidine groups is 1. The Morgan fingerprint density at radius 3 is 2.81 bits per heavy atom. The Morgan fingerprint density at radius 2 is 2.15 bits per heavy atom. The standard InChI is InChI=1S/C18H15F2N5O2/c1-17(18(19,20)10-27-16(22)25-17)12-3-2-4-13(7-12)24-15(26)14-6-5-11(8-21)9-23-14/h2-7,9H,10H2,1H3,(H2,22,25)(H,24,26)/t17-/m1/s1. The van der Waals surface area contributed by atoms with Crippen molar-refractivity contribution in [3.63, 3.8) is 0 Å². The van der Waals surface area contributed by atoms with Crippen LogP contribution in [0, 0.1) is 11.3 Å². The Bertz CT molecular complexity index is 953. The van der Waals surface area contributed by atoms with E-state index in [1.165, 1.54) is 43.5 Å². The molecule has 1 aromatic carbocycles. The smallest absolute Gasteiger partial charge is 0.310 e. The number of benzene rings is 1. The van der Waals surface area contributed by atoms with Crippen LogP contribution >= 0.6 is 0 Å². The monoisotopic (exact) mass is 371 g/mol. The molecule has 0 spiro atoms. The number of pyridine rings is 1. The Balaban J connectivity index is 1.88. The molecular formula is C18H15F2N5O2. The summed E-state index contributed by atoms with van der Waals surface area (Å²) in [5.41, 5.74) is 4.42. The summed E-state index contributed by atoms with van der Waals surface area (Å²) in [4.78, 5) is 20.0. The number of ether oxygens (including phenoxy) is 1. The van der Waals surface area contributed by atoms with Crippen LogP contribution in [0.4, 0.5) is 14.5 Å². The summed E-state index contributed by atoms with van der Waals surface area (Å²) >= 11 is 0. The summed E-state index contributed by atoms with van der Waals surface area (Å²) in [5, 5.41) is 11.4. The molecular weight excluding hydrogens is 356 g/mol. The van der Waals surface area contributed by atoms with E-state index < -0.39 is 24.0 Å². The largest absolute Gasteiger partial charge is 0.459 e. The number of aliphatic imine (C=N–C) groups is 1. The molecule has 2 aromatic rings. The minimum absolute atomic E-state index is 0.0873. The van der Waals surface area contributed by atoms with Crippen LogP contribution in [0.1, 0.15) is 28.5 Å². The van der Waals surface area contributed by atoms with Crippen LogP contribution in [-0.4, -0.2) is 29.4 Å². The van der Waals surface area contributed by atoms with Crippen LogP contribution in [0.25, 0.3) is 0 Å². The maximum atomic E-state index is 14.4. The second-order valence-electron chi connectivity index (χ2n) is 6.09. The van der Waals surface area contributed by atoms with E-state index in [1.807, 2.05) is 6.07 Å². The lowest BCUT2D eigenvalue weighted by Crippen LogP contribution is -2.50. The molecule has 27 heavy (non-hydrogen) atoms. The van der Waals surface area contributed by atoms with Gasteiger partial charge in [-0.25, -0.2) is 9.98 Å². The third kappa shape index (κ3) is 3.42. The van der Waals surface area contributed by atoms with Gasteiger partial charge in [0.15, 0.2) is 12.1 Å². The summed E-state index contributed by atoms with van der Waals surface area (Å²) in [6.07, 6.45) is 1.27. The SMILES string of the molecule is C[C@]1(c2cccc(NC(=O)c3ccc(C#N)cn3)c2)N=C(N)OCC1(F)F. The first kappa shape index (κ1) is 18.3. The van der Waals surface area contributed by atoms with Gasteiger partial charge in [-0.3, -0.25) is 4.79 Å². The number of nitrogens with zero attached hydrogens (tertiary/aromatic N) is 3. The number of carbonyl (C=O) groups is 1. The predicted octanol–water partition coefficient (Wildman–Crippen LogP) is 2.40. The van der Waals surface area contributed by atoms with Gasteiger partial charge in [0.25, 0.3) is 11.9 Å². The highest BCUT2D eigenvalue weighted by Crippen LogP contribution is 2.43. The van der Waals surface area contributed by atoms with Crippen molar-refractivity contribution >= 4 is 17.6 Å². The average molecular weight is 371 g/mol. The van der Waals surface area contributed by atoms with E-state index in [1.54, 1.807) is 6.07 Å². The zero-order valence-electron chi connectivity index (χ0n) is 14.2. The first-order chi connectivity index (χ1) is 12.7. The fraction of sp³-hybridized carbons (Fsp3) is 0.222. The second kappa shape index (κ2) is 6.64. The van der Waals surface area contributed by atoms with Crippen LogP contribution in [-0.2, 0) is 10.3 Å². The van der Waals surface area contributed by atoms with Gasteiger partial charge < -0.3 is 15.8 Å². The first-order valence-corrected chi connectivity index (χ1v) is 7.89. The molecule has 0 radical (unpaired) electrons. The summed E-state index contributed by atoms with van der Waals surface area (Å²) in [7, 11) is 0. The number of alkyl halides is 2. The number of nitrogens with one attached hydrogen (secondary N) is 1. The number of hydrogen-bond acceptors (Lipinski definition) is 6. The van der Waals surface area contributed by atoms with Gasteiger partial charge in [-0.2, -0.15) is 14.0 Å². The van der Waals surface area contributed by atoms with Crippen molar-refractivity contribution in [2.24, 2.45) is 10.7 Å². The zero-order valence-corrected chi connectivity index (χ0v) is 14.2. The lowest BCUT2D eigenvalue weighted by molar-refractivity contribution is -0.116. The molecule has 1 aliphatic heterocycles. The number of carbonyl (C=O) groups excluding carboxylic acids is 1. The molecule has 1 atom stereocenters. The van der Waals surface area contributed by atoms with Gasteiger partial charge in [0.2, 0.25) is 0 Å². The van der Waals surface area contributed by atoms with E-state index in [2.05, 4.69) is 20.0 Å². The predicted molar refractivity (Wildman–Crippen MR) is 93.2 cm³/mol. The maximum Gasteiger partial charge on any atom is 0.310 e. The molecule has 1 aromatic heterocycles. The van der Waals surface area contributed by atoms with Crippen molar-refractivity contribution in [2.45, 2.75) is 18.4 Å². The third-order valence-electron chi connectivity index (χ3n) is 4.26. The van der Waals surface area contributed by atoms with E-state index in [4.69, 9.17) is 11.0 Å². The van der Waals surface area contributed by atoms with Gasteiger partial charge in [-0.1, -0.05) is 12.1 Å². The lowest BCUT2D eigenvalue weighted by atomic mass is 9.85. The van der Waals surface area contributed by atoms with Gasteiger partial charge in [0, 0.05) is 11.9 Å². The molecule has 0 unspecified atom stereocenters. The van der Waals surface area contributed by atoms with Gasteiger partial charge in [-0.05, 0) is 36.8 Å². The minimum Gasteiger partial charge on any atom is -0.459 e. The molecule has 1 amide bonds. The third-order valence-corrected chi connectivity index (χ3v) is 4.26. The molecule has 1 aliphatic rings. The number of anilines is 1. The Morgan fingerprint density at radius 1 is 1.37 bits per heavy atom. The van der Waals surface area contributed by atoms with Gasteiger partial charge in [0.05, 0.1) is 5.56 Å². The van der Waals surface area contributed by atoms with Gasteiger partial charge in [-0.15, -0.1) is 0 Å². The number of amides is 1. The molecule has 138 valence electrons. The summed E-state index contributed by atoms with van der Waals surface area (Å²) in [5.74, 6) is -3.82. The topological polar surface area (TPSA) is 113 Å². The molecule has 0 saturated heterocycles. The van der Waals surface area contributed by atoms with Gasteiger partial charge in [0.1, 0.15) is 11.8 Å². The number of aromatic nitrogens is 1. The van der Waals surface area contributed by atoms with Crippen molar-refractivity contribution in [2.75, 3.05) is 11.9 Å². The highest BCUT2D eigenvalue weighted by atomic mass is 19.3. The number of halogens is 2. The number of rotatable bonds is 3. The van der Waals surface area contributed by atoms with Crippen LogP contribution in [0.15, 0.2) is 47.6 Å². The maximum absolute atomic E-state index is 14.4. The fourth-order valence-corrected chi connectivity index (χ4v) is 2.60. The van der Waals surface area contributed by atoms with Crippen molar-refractivity contribution in [1.82, 2.24) is 4.98 Å². The molecule has 3 N–H and O–H groups in total. The van der Waals surface area contributed by atoms with E-state index in [0.29, 0.717) is 11.3 Å². The van der Waals surface area contributed by atoms with Crippen LogP contribution in [0.5, 0.6) is 0 Å². The zero-order chi connectivity index (χ0) is 19.7. The Hall–Kier alpha value is -3.54. The summed E-state index contributed by atoms with van der Waals surface area (Å²) in [6.45, 7) is 0.371. The van der Waals surface area contributed by atoms with Gasteiger partial charge >= 0.3 is 5.92 Å². The molecule has 0 bridgehead atoms. The van der Waals surface area contributed by atoms with E-state index in [9.17, 15) is 13.6 Å². The number of nitrogens with two attached hydrogens (primary N) is 1. The summed E-state index contributed by atoms with van der Waals surface area (Å²) < 4.78 is 33.5. The van der Waals surface area contributed by atoms with Crippen molar-refractivity contribution < 1.29 is 18.3 Å². The molecule has 3 rings (SSSR count). The molecule has 0 fully saturated rings.